The highest BCUT2D eigenvalue weighted by Gasteiger charge is 2.41. The van der Waals surface area contributed by atoms with Gasteiger partial charge in [0.2, 0.25) is 5.43 Å². The summed E-state index contributed by atoms with van der Waals surface area (Å²) >= 11 is 0. The van der Waals surface area contributed by atoms with Crippen LogP contribution in [0.2, 0.25) is 0 Å². The first-order chi connectivity index (χ1) is 15.0. The van der Waals surface area contributed by atoms with Crippen LogP contribution in [0, 0.1) is 18.6 Å². The van der Waals surface area contributed by atoms with Crippen LogP contribution in [-0.2, 0) is 6.54 Å². The first-order valence-electron chi connectivity index (χ1n) is 10.2. The van der Waals surface area contributed by atoms with Crippen molar-refractivity contribution in [2.45, 2.75) is 44.9 Å². The second-order valence-electron chi connectivity index (χ2n) is 8.72. The minimum absolute atomic E-state index is 0.240. The monoisotopic (exact) mass is 447 g/mol. The quantitative estimate of drug-likeness (QED) is 0.662. The van der Waals surface area contributed by atoms with Gasteiger partial charge in [-0.25, -0.2) is 8.78 Å². The summed E-state index contributed by atoms with van der Waals surface area (Å²) < 4.78 is 29.5. The van der Waals surface area contributed by atoms with E-state index >= 15 is 0 Å². The van der Waals surface area contributed by atoms with Crippen LogP contribution >= 0.6 is 0 Å². The first-order valence-corrected chi connectivity index (χ1v) is 10.2. The van der Waals surface area contributed by atoms with E-state index in [9.17, 15) is 33.4 Å². The number of nitrogens with zero attached hydrogens (tertiary/aromatic N) is 2. The number of benzene rings is 1. The van der Waals surface area contributed by atoms with Gasteiger partial charge in [-0.05, 0) is 44.4 Å². The Morgan fingerprint density at radius 1 is 1.28 bits per heavy atom. The van der Waals surface area contributed by atoms with Crippen LogP contribution in [0.15, 0.2) is 23.1 Å². The molecular weight excluding hydrogens is 424 g/mol. The third-order valence-electron chi connectivity index (χ3n) is 6.08. The second-order valence-corrected chi connectivity index (χ2v) is 8.72. The number of rotatable bonds is 3. The Morgan fingerprint density at radius 2 is 1.94 bits per heavy atom. The number of fused-ring (bicyclic) bond motifs is 4. The minimum Gasteiger partial charge on any atom is -0.503 e. The Kier molecular flexibility index (Phi) is 5.28. The van der Waals surface area contributed by atoms with Gasteiger partial charge in [-0.1, -0.05) is 0 Å². The van der Waals surface area contributed by atoms with E-state index in [4.69, 9.17) is 0 Å². The van der Waals surface area contributed by atoms with Crippen LogP contribution in [0.1, 0.15) is 57.8 Å². The van der Waals surface area contributed by atoms with Crippen LogP contribution in [0.4, 0.5) is 8.78 Å². The number of hydrogen-bond acceptors (Lipinski definition) is 5. The van der Waals surface area contributed by atoms with E-state index in [-0.39, 0.29) is 30.8 Å². The van der Waals surface area contributed by atoms with Crippen molar-refractivity contribution >= 4 is 11.8 Å². The molecule has 2 aromatic rings. The fourth-order valence-corrected chi connectivity index (χ4v) is 4.36. The molecule has 8 nitrogen and oxygen atoms in total. The van der Waals surface area contributed by atoms with Gasteiger partial charge in [-0.2, -0.15) is 0 Å². The Labute approximate surface area is 182 Å². The lowest BCUT2D eigenvalue weighted by Crippen LogP contribution is -2.44. The predicted molar refractivity (Wildman–Crippen MR) is 109 cm³/mol. The average Bonchev–Trinajstić information content (AvgIpc) is 2.84. The van der Waals surface area contributed by atoms with Crippen molar-refractivity contribution in [3.05, 3.63) is 62.6 Å². The number of aliphatic hydroxyl groups is 1. The van der Waals surface area contributed by atoms with Crippen molar-refractivity contribution in [1.82, 2.24) is 14.8 Å². The number of aryl methyl sites for hydroxylation is 1. The molecule has 0 saturated carbocycles. The van der Waals surface area contributed by atoms with E-state index in [1.54, 1.807) is 6.92 Å². The molecule has 0 aliphatic carbocycles. The summed E-state index contributed by atoms with van der Waals surface area (Å²) in [5.74, 6) is -4.05. The number of pyridine rings is 1. The van der Waals surface area contributed by atoms with Crippen LogP contribution in [0.5, 0.6) is 5.75 Å². The number of carbonyl (C=O) groups excluding carboxylic acids is 2. The van der Waals surface area contributed by atoms with Gasteiger partial charge in [0.05, 0.1) is 11.6 Å². The standard InChI is InChI=1S/C22H23F2N3O5/c1-11-5-15(23)13(16(24)6-11)8-25-20(30)14-10-27-12-7-22(2,32)3-4-26(9-12)21(31)17(27)19(29)18(14)28/h5-6,10,12,29,32H,3-4,7-9H2,1-2H3,(H,25,30)/t12-,22-/m0/s1. The molecule has 2 aliphatic rings. The van der Waals surface area contributed by atoms with Gasteiger partial charge in [-0.3, -0.25) is 14.4 Å². The third kappa shape index (κ3) is 3.75. The molecule has 2 atom stereocenters. The third-order valence-corrected chi connectivity index (χ3v) is 6.08. The van der Waals surface area contributed by atoms with Gasteiger partial charge in [0.25, 0.3) is 11.8 Å². The molecule has 1 fully saturated rings. The van der Waals surface area contributed by atoms with Crippen molar-refractivity contribution in [2.24, 2.45) is 0 Å². The summed E-state index contributed by atoms with van der Waals surface area (Å²) in [6.45, 7) is 3.18. The molecule has 2 aliphatic heterocycles. The van der Waals surface area contributed by atoms with Crippen molar-refractivity contribution in [3.63, 3.8) is 0 Å². The summed E-state index contributed by atoms with van der Waals surface area (Å²) in [5.41, 5.74) is -2.83. The Bertz CT molecular complexity index is 1170. The fourth-order valence-electron chi connectivity index (χ4n) is 4.36. The Morgan fingerprint density at radius 3 is 2.59 bits per heavy atom. The molecule has 2 bridgehead atoms. The number of aromatic hydroxyl groups is 1. The van der Waals surface area contributed by atoms with E-state index in [1.807, 2.05) is 0 Å². The smallest absolute Gasteiger partial charge is 0.274 e. The lowest BCUT2D eigenvalue weighted by atomic mass is 9.94. The zero-order valence-electron chi connectivity index (χ0n) is 17.6. The van der Waals surface area contributed by atoms with Gasteiger partial charge in [-0.15, -0.1) is 0 Å². The molecule has 3 N–H and O–H groups in total. The molecule has 0 radical (unpaired) electrons. The summed E-state index contributed by atoms with van der Waals surface area (Å²) in [6, 6.07) is 1.78. The molecule has 2 amide bonds. The van der Waals surface area contributed by atoms with E-state index in [2.05, 4.69) is 5.32 Å². The van der Waals surface area contributed by atoms with Crippen LogP contribution in [0.3, 0.4) is 0 Å². The predicted octanol–water partition coefficient (Wildman–Crippen LogP) is 1.61. The van der Waals surface area contributed by atoms with Gasteiger partial charge in [0.15, 0.2) is 11.4 Å². The van der Waals surface area contributed by atoms with E-state index in [1.165, 1.54) is 16.4 Å². The highest BCUT2D eigenvalue weighted by atomic mass is 19.1. The van der Waals surface area contributed by atoms with Gasteiger partial charge in [0.1, 0.15) is 17.2 Å². The molecule has 0 unspecified atom stereocenters. The summed E-state index contributed by atoms with van der Waals surface area (Å²) in [6.07, 6.45) is 1.73. The lowest BCUT2D eigenvalue weighted by molar-refractivity contribution is 0.0369. The average molecular weight is 447 g/mol. The molecule has 4 rings (SSSR count). The van der Waals surface area contributed by atoms with Gasteiger partial charge in [0, 0.05) is 31.4 Å². The maximum atomic E-state index is 14.1. The number of hydrogen-bond donors (Lipinski definition) is 3. The molecule has 1 aromatic heterocycles. The SMILES string of the molecule is Cc1cc(F)c(CNC(=O)c2cn3c(c(O)c2=O)C(=O)N2CC[C@](C)(O)C[C@H]3C2)c(F)c1. The van der Waals surface area contributed by atoms with Gasteiger partial charge >= 0.3 is 0 Å². The maximum Gasteiger partial charge on any atom is 0.274 e. The maximum absolute atomic E-state index is 14.1. The number of carbonyl (C=O) groups is 2. The fraction of sp³-hybridized carbons (Fsp3) is 0.409. The van der Waals surface area contributed by atoms with Crippen LogP contribution in [-0.4, -0.2) is 50.2 Å². The lowest BCUT2D eigenvalue weighted by Gasteiger charge is -2.34. The number of amides is 2. The van der Waals surface area contributed by atoms with Crippen LogP contribution in [0.25, 0.3) is 0 Å². The molecular formula is C22H23F2N3O5. The molecule has 32 heavy (non-hydrogen) atoms. The number of nitrogens with one attached hydrogen (secondary N) is 1. The zero-order chi connectivity index (χ0) is 23.4. The van der Waals surface area contributed by atoms with Crippen LogP contribution < -0.4 is 10.7 Å². The summed E-state index contributed by atoms with van der Waals surface area (Å²) in [4.78, 5) is 39.6. The van der Waals surface area contributed by atoms with E-state index < -0.39 is 58.4 Å². The molecule has 10 heteroatoms. The molecule has 170 valence electrons. The normalized spacial score (nSPS) is 22.3. The second kappa shape index (κ2) is 7.70. The molecule has 1 aromatic carbocycles. The van der Waals surface area contributed by atoms with Crippen molar-refractivity contribution in [3.8, 4) is 5.75 Å². The van der Waals surface area contributed by atoms with Crippen molar-refractivity contribution in [2.75, 3.05) is 13.1 Å². The molecule has 1 saturated heterocycles. The van der Waals surface area contributed by atoms with E-state index in [0.717, 1.165) is 18.3 Å². The molecule has 3 heterocycles. The van der Waals surface area contributed by atoms with Crippen molar-refractivity contribution < 1.29 is 28.6 Å². The minimum atomic E-state index is -1.08. The molecule has 0 spiro atoms. The number of halogens is 2. The number of aromatic nitrogens is 1. The Balaban J connectivity index is 1.69. The van der Waals surface area contributed by atoms with E-state index in [0.29, 0.717) is 12.0 Å². The summed E-state index contributed by atoms with van der Waals surface area (Å²) in [5, 5.41) is 23.4. The largest absolute Gasteiger partial charge is 0.503 e. The van der Waals surface area contributed by atoms with Gasteiger partial charge < -0.3 is 25.0 Å². The zero-order valence-corrected chi connectivity index (χ0v) is 17.6. The first kappa shape index (κ1) is 21.9. The Hall–Kier alpha value is -3.27. The van der Waals surface area contributed by atoms with Crippen molar-refractivity contribution in [1.29, 1.82) is 0 Å². The highest BCUT2D eigenvalue weighted by Crippen LogP contribution is 2.35. The highest BCUT2D eigenvalue weighted by molar-refractivity contribution is 5.99. The topological polar surface area (TPSA) is 112 Å². The summed E-state index contributed by atoms with van der Waals surface area (Å²) in [7, 11) is 0.